The molecule has 0 heterocycles. The number of anilines is 1. The molecular weight excluding hydrogens is 312 g/mol. The van der Waals surface area contributed by atoms with Crippen molar-refractivity contribution in [3.63, 3.8) is 0 Å². The molecule has 1 rings (SSSR count). The molecule has 0 bridgehead atoms. The summed E-state index contributed by atoms with van der Waals surface area (Å²) >= 11 is 0. The lowest BCUT2D eigenvalue weighted by Crippen LogP contribution is -2.18. The maximum absolute atomic E-state index is 11.2. The summed E-state index contributed by atoms with van der Waals surface area (Å²) in [7, 11) is 0. The summed E-state index contributed by atoms with van der Waals surface area (Å²) in [6.07, 6.45) is -1.57. The van der Waals surface area contributed by atoms with Crippen LogP contribution in [0.4, 0.5) is 11.4 Å². The zero-order valence-electron chi connectivity index (χ0n) is 12.5. The fraction of sp³-hybridized carbons (Fsp3) is 0.308. The number of carbonyl (C=O) groups is 3. The van der Waals surface area contributed by atoms with Crippen molar-refractivity contribution in [3.8, 4) is 5.75 Å². The molecule has 0 spiro atoms. The highest BCUT2D eigenvalue weighted by Crippen LogP contribution is 2.39. The lowest BCUT2D eigenvalue weighted by atomic mass is 10.1. The Hall–Kier alpha value is -3.17. The molecule has 23 heavy (non-hydrogen) atoms. The molecule has 0 radical (unpaired) electrons. The molecular formula is C13H14N2O8. The molecule has 0 atom stereocenters. The minimum atomic E-state index is -1.57. The fourth-order valence-electron chi connectivity index (χ4n) is 1.66. The summed E-state index contributed by atoms with van der Waals surface area (Å²) in [5.41, 5.74) is 4.53. The van der Waals surface area contributed by atoms with Crippen molar-refractivity contribution in [2.75, 3.05) is 5.73 Å². The standard InChI is InChI=1S/C13H14N2O8/c1-6(16)21-12-9(4-5-10(11(12)14)15(19)20)13(22-7(2)17)23-8(3)18/h4-5,13H,14H2,1-3H3. The number of nitrogen functional groups attached to an aromatic ring is 1. The molecule has 0 aliphatic heterocycles. The third kappa shape index (κ3) is 4.66. The molecule has 124 valence electrons. The predicted octanol–water partition coefficient (Wildman–Crippen LogP) is 1.23. The molecule has 10 heteroatoms. The normalized spacial score (nSPS) is 10.1. The molecule has 1 aromatic rings. The quantitative estimate of drug-likeness (QED) is 0.210. The molecule has 0 aromatic heterocycles. The second kappa shape index (κ2) is 7.20. The van der Waals surface area contributed by atoms with E-state index in [1.54, 1.807) is 0 Å². The van der Waals surface area contributed by atoms with Crippen LogP contribution < -0.4 is 10.5 Å². The maximum atomic E-state index is 11.2. The van der Waals surface area contributed by atoms with E-state index in [1.165, 1.54) is 0 Å². The Morgan fingerprint density at radius 1 is 1.09 bits per heavy atom. The number of rotatable bonds is 5. The van der Waals surface area contributed by atoms with Crippen LogP contribution in [0.1, 0.15) is 32.6 Å². The average Bonchev–Trinajstić information content (AvgIpc) is 2.38. The smallest absolute Gasteiger partial charge is 0.308 e. The molecule has 2 N–H and O–H groups in total. The monoisotopic (exact) mass is 326 g/mol. The first-order valence-corrected chi connectivity index (χ1v) is 6.23. The molecule has 0 saturated carbocycles. The van der Waals surface area contributed by atoms with Gasteiger partial charge in [0.25, 0.3) is 12.0 Å². The van der Waals surface area contributed by atoms with Gasteiger partial charge in [-0.3, -0.25) is 24.5 Å². The van der Waals surface area contributed by atoms with E-state index in [9.17, 15) is 24.5 Å². The third-order valence-electron chi connectivity index (χ3n) is 2.45. The Balaban J connectivity index is 3.48. The van der Waals surface area contributed by atoms with Crippen molar-refractivity contribution >= 4 is 29.3 Å². The molecule has 0 aliphatic carbocycles. The van der Waals surface area contributed by atoms with Crippen LogP contribution in [0.3, 0.4) is 0 Å². The molecule has 0 amide bonds. The highest BCUT2D eigenvalue weighted by Gasteiger charge is 2.29. The summed E-state index contributed by atoms with van der Waals surface area (Å²) in [6, 6.07) is 2.13. The van der Waals surface area contributed by atoms with Crippen LogP contribution in [0, 0.1) is 10.1 Å². The first-order chi connectivity index (χ1) is 10.6. The van der Waals surface area contributed by atoms with E-state index in [0.29, 0.717) is 0 Å². The molecule has 0 aliphatic rings. The lowest BCUT2D eigenvalue weighted by Gasteiger charge is -2.20. The zero-order chi connectivity index (χ0) is 17.7. The van der Waals surface area contributed by atoms with Crippen molar-refractivity contribution in [1.29, 1.82) is 0 Å². The van der Waals surface area contributed by atoms with Gasteiger partial charge in [0.05, 0.1) is 10.5 Å². The number of benzene rings is 1. The van der Waals surface area contributed by atoms with E-state index in [0.717, 1.165) is 32.9 Å². The summed E-state index contributed by atoms with van der Waals surface area (Å²) in [5.74, 6) is -2.81. The largest absolute Gasteiger partial charge is 0.424 e. The Labute approximate surface area is 130 Å². The number of ether oxygens (including phenoxy) is 3. The summed E-state index contributed by atoms with van der Waals surface area (Å²) in [6.45, 7) is 3.18. The number of hydrogen-bond donors (Lipinski definition) is 1. The number of nitrogens with two attached hydrogens (primary N) is 1. The Kier molecular flexibility index (Phi) is 5.60. The van der Waals surface area contributed by atoms with Crippen LogP contribution in [0.25, 0.3) is 0 Å². The van der Waals surface area contributed by atoms with Crippen molar-refractivity contribution < 1.29 is 33.5 Å². The zero-order valence-corrected chi connectivity index (χ0v) is 12.5. The Morgan fingerprint density at radius 2 is 1.61 bits per heavy atom. The molecule has 0 unspecified atom stereocenters. The molecule has 1 aromatic carbocycles. The van der Waals surface area contributed by atoms with Gasteiger partial charge in [-0.1, -0.05) is 0 Å². The number of nitro benzene ring substituents is 1. The Morgan fingerprint density at radius 3 is 2.00 bits per heavy atom. The first-order valence-electron chi connectivity index (χ1n) is 6.23. The number of hydrogen-bond acceptors (Lipinski definition) is 9. The second-order valence-electron chi connectivity index (χ2n) is 4.32. The second-order valence-corrected chi connectivity index (χ2v) is 4.32. The molecule has 10 nitrogen and oxygen atoms in total. The van der Waals surface area contributed by atoms with Crippen LogP contribution in [0.15, 0.2) is 12.1 Å². The predicted molar refractivity (Wildman–Crippen MR) is 75.1 cm³/mol. The van der Waals surface area contributed by atoms with Crippen LogP contribution in [0.5, 0.6) is 5.75 Å². The Bertz CT molecular complexity index is 654. The van der Waals surface area contributed by atoms with Crippen molar-refractivity contribution in [2.24, 2.45) is 0 Å². The maximum Gasteiger partial charge on any atom is 0.308 e. The van der Waals surface area contributed by atoms with Crippen molar-refractivity contribution in [2.45, 2.75) is 27.1 Å². The summed E-state index contributed by atoms with van der Waals surface area (Å²) in [4.78, 5) is 43.6. The van der Waals surface area contributed by atoms with Gasteiger partial charge in [-0.05, 0) is 6.07 Å². The third-order valence-corrected chi connectivity index (χ3v) is 2.45. The van der Waals surface area contributed by atoms with Crippen LogP contribution >= 0.6 is 0 Å². The SMILES string of the molecule is CC(=O)Oc1c(C(OC(C)=O)OC(C)=O)ccc([N+](=O)[O-])c1N. The molecule has 0 fully saturated rings. The van der Waals surface area contributed by atoms with Crippen LogP contribution in [-0.4, -0.2) is 22.8 Å². The summed E-state index contributed by atoms with van der Waals surface area (Å²) in [5, 5.41) is 10.9. The topological polar surface area (TPSA) is 148 Å². The number of esters is 3. The van der Waals surface area contributed by atoms with Gasteiger partial charge in [-0.15, -0.1) is 0 Å². The van der Waals surface area contributed by atoms with E-state index in [2.05, 4.69) is 0 Å². The average molecular weight is 326 g/mol. The van der Waals surface area contributed by atoms with E-state index < -0.39 is 46.2 Å². The van der Waals surface area contributed by atoms with Gasteiger partial charge in [-0.2, -0.15) is 0 Å². The lowest BCUT2D eigenvalue weighted by molar-refractivity contribution is -0.384. The highest BCUT2D eigenvalue weighted by molar-refractivity contribution is 5.78. The molecule has 0 saturated heterocycles. The van der Waals surface area contributed by atoms with Crippen molar-refractivity contribution in [3.05, 3.63) is 27.8 Å². The van der Waals surface area contributed by atoms with E-state index in [4.69, 9.17) is 19.9 Å². The van der Waals surface area contributed by atoms with Gasteiger partial charge >= 0.3 is 17.9 Å². The van der Waals surface area contributed by atoms with Gasteiger partial charge in [-0.25, -0.2) is 0 Å². The minimum Gasteiger partial charge on any atom is -0.424 e. The van der Waals surface area contributed by atoms with Gasteiger partial charge in [0.2, 0.25) is 0 Å². The number of nitrogens with zero attached hydrogens (tertiary/aromatic N) is 1. The van der Waals surface area contributed by atoms with E-state index >= 15 is 0 Å². The minimum absolute atomic E-state index is 0.117. The van der Waals surface area contributed by atoms with E-state index in [1.807, 2.05) is 0 Å². The summed E-state index contributed by atoms with van der Waals surface area (Å²) < 4.78 is 14.5. The van der Waals surface area contributed by atoms with Gasteiger partial charge in [0, 0.05) is 26.8 Å². The number of nitro groups is 1. The van der Waals surface area contributed by atoms with E-state index in [-0.39, 0.29) is 5.56 Å². The number of carbonyl (C=O) groups excluding carboxylic acids is 3. The van der Waals surface area contributed by atoms with Gasteiger partial charge in [0.15, 0.2) is 11.4 Å². The first kappa shape index (κ1) is 17.9. The van der Waals surface area contributed by atoms with Gasteiger partial charge in [0.1, 0.15) is 0 Å². The van der Waals surface area contributed by atoms with Crippen LogP contribution in [0.2, 0.25) is 0 Å². The fourth-order valence-corrected chi connectivity index (χ4v) is 1.66. The van der Waals surface area contributed by atoms with Crippen molar-refractivity contribution in [1.82, 2.24) is 0 Å². The highest BCUT2D eigenvalue weighted by atomic mass is 16.7. The van der Waals surface area contributed by atoms with Crippen LogP contribution in [-0.2, 0) is 23.9 Å². The van der Waals surface area contributed by atoms with Gasteiger partial charge < -0.3 is 19.9 Å².